The highest BCUT2D eigenvalue weighted by Crippen LogP contribution is 2.28. The number of para-hydroxylation sites is 2. The summed E-state index contributed by atoms with van der Waals surface area (Å²) in [5, 5.41) is 1.28. The highest BCUT2D eigenvalue weighted by atomic mass is 127. The van der Waals surface area contributed by atoms with Gasteiger partial charge in [-0.05, 0) is 6.07 Å². The molecule has 0 amide bonds. The Labute approximate surface area is 128 Å². The first kappa shape index (κ1) is 13.7. The van der Waals surface area contributed by atoms with Crippen LogP contribution in [-0.2, 0) is 7.05 Å². The van der Waals surface area contributed by atoms with E-state index < -0.39 is 0 Å². The molecule has 1 saturated heterocycles. The summed E-state index contributed by atoms with van der Waals surface area (Å²) in [5.74, 6) is 2.06. The van der Waals surface area contributed by atoms with Gasteiger partial charge in [-0.25, -0.2) is 0 Å². The highest BCUT2D eigenvalue weighted by molar-refractivity contribution is 8.03. The van der Waals surface area contributed by atoms with E-state index in [2.05, 4.69) is 28.7 Å². The van der Waals surface area contributed by atoms with E-state index >= 15 is 0 Å². The van der Waals surface area contributed by atoms with Crippen LogP contribution in [0.4, 0.5) is 0 Å². The average Bonchev–Trinajstić information content (AvgIpc) is 2.87. The monoisotopic (exact) mass is 374 g/mol. The van der Waals surface area contributed by atoms with Crippen molar-refractivity contribution in [3.63, 3.8) is 0 Å². The van der Waals surface area contributed by atoms with Crippen LogP contribution in [-0.4, -0.2) is 24.2 Å². The van der Waals surface area contributed by atoms with Crippen molar-refractivity contribution < 1.29 is 33.0 Å². The molecule has 1 aliphatic rings. The molecule has 3 rings (SSSR count). The minimum atomic E-state index is 0. The summed E-state index contributed by atoms with van der Waals surface area (Å²) in [5.41, 5.74) is 2.07. The standard InChI is InChI=1S/C13H15N2OS.HI/c1-14-7-8-17-13(14)9-12-15(2)10-5-3-4-6-11(10)16-12;/h3-6,9H,7-8H2,1-2H3;1H/q+1;/p-1. The Hall–Kier alpha value is -0.690. The second kappa shape index (κ2) is 5.52. The van der Waals surface area contributed by atoms with Crippen LogP contribution in [0.2, 0.25) is 0 Å². The Morgan fingerprint density at radius 1 is 1.39 bits per heavy atom. The van der Waals surface area contributed by atoms with Gasteiger partial charge in [0.05, 0.1) is 11.1 Å². The second-order valence-electron chi connectivity index (χ2n) is 4.22. The molecule has 2 aromatic rings. The van der Waals surface area contributed by atoms with Crippen molar-refractivity contribution >= 4 is 28.9 Å². The lowest BCUT2D eigenvalue weighted by Crippen LogP contribution is -3.00. The van der Waals surface area contributed by atoms with Gasteiger partial charge in [0.1, 0.15) is 7.05 Å². The molecule has 0 spiro atoms. The van der Waals surface area contributed by atoms with Crippen LogP contribution in [0.1, 0.15) is 5.89 Å². The number of nitrogens with zero attached hydrogens (tertiary/aromatic N) is 2. The number of oxazole rings is 1. The number of thioether (sulfide) groups is 1. The second-order valence-corrected chi connectivity index (χ2v) is 5.33. The SMILES string of the molecule is CN1CCS/C1=C\c1oc2ccccc2[n+]1C.[I-]. The Kier molecular flexibility index (Phi) is 4.21. The van der Waals surface area contributed by atoms with E-state index in [4.69, 9.17) is 4.42 Å². The molecule has 96 valence electrons. The number of fused-ring (bicyclic) bond motifs is 1. The summed E-state index contributed by atoms with van der Waals surface area (Å²) in [6, 6.07) is 8.11. The Morgan fingerprint density at radius 3 is 2.83 bits per heavy atom. The van der Waals surface area contributed by atoms with Crippen LogP contribution in [0.3, 0.4) is 0 Å². The molecular weight excluding hydrogens is 359 g/mol. The molecule has 1 aromatic heterocycles. The third kappa shape index (κ3) is 2.38. The van der Waals surface area contributed by atoms with E-state index in [1.807, 2.05) is 37.0 Å². The third-order valence-electron chi connectivity index (χ3n) is 3.07. The van der Waals surface area contributed by atoms with Crippen LogP contribution in [0.15, 0.2) is 33.7 Å². The first-order chi connectivity index (χ1) is 8.25. The van der Waals surface area contributed by atoms with Gasteiger partial charge >= 0.3 is 5.89 Å². The maximum Gasteiger partial charge on any atom is 0.376 e. The molecule has 2 heterocycles. The molecule has 1 aromatic carbocycles. The largest absolute Gasteiger partial charge is 1.00 e. The lowest BCUT2D eigenvalue weighted by Gasteiger charge is -2.08. The third-order valence-corrected chi connectivity index (χ3v) is 4.18. The number of rotatable bonds is 1. The van der Waals surface area contributed by atoms with Crippen LogP contribution in [0.25, 0.3) is 17.2 Å². The maximum absolute atomic E-state index is 5.86. The fourth-order valence-corrected chi connectivity index (χ4v) is 3.08. The molecule has 0 unspecified atom stereocenters. The normalized spacial score (nSPS) is 17.4. The molecule has 18 heavy (non-hydrogen) atoms. The van der Waals surface area contributed by atoms with Gasteiger partial charge in [-0.2, -0.15) is 4.57 Å². The Balaban J connectivity index is 0.00000120. The van der Waals surface area contributed by atoms with E-state index in [1.54, 1.807) is 0 Å². The van der Waals surface area contributed by atoms with Gasteiger partial charge in [0.25, 0.3) is 5.52 Å². The summed E-state index contributed by atoms with van der Waals surface area (Å²) in [7, 11) is 4.16. The fourth-order valence-electron chi connectivity index (χ4n) is 2.01. The molecule has 3 nitrogen and oxygen atoms in total. The van der Waals surface area contributed by atoms with Gasteiger partial charge in [-0.15, -0.1) is 11.8 Å². The van der Waals surface area contributed by atoms with Crippen LogP contribution >= 0.6 is 11.8 Å². The van der Waals surface area contributed by atoms with Crippen molar-refractivity contribution in [2.24, 2.45) is 7.05 Å². The molecule has 0 bridgehead atoms. The molecule has 1 aliphatic heterocycles. The summed E-state index contributed by atoms with van der Waals surface area (Å²) in [6.45, 7) is 1.11. The number of hydrogen-bond acceptors (Lipinski definition) is 3. The van der Waals surface area contributed by atoms with Crippen molar-refractivity contribution in [1.82, 2.24) is 4.90 Å². The quantitative estimate of drug-likeness (QED) is 0.484. The smallest absolute Gasteiger partial charge is 0.376 e. The Bertz CT molecular complexity index is 594. The summed E-state index contributed by atoms with van der Waals surface area (Å²) in [6.07, 6.45) is 2.12. The van der Waals surface area contributed by atoms with Gasteiger partial charge in [0.15, 0.2) is 0 Å². The van der Waals surface area contributed by atoms with Crippen LogP contribution < -0.4 is 28.5 Å². The number of aryl methyl sites for hydroxylation is 1. The van der Waals surface area contributed by atoms with Crippen molar-refractivity contribution in [1.29, 1.82) is 0 Å². The predicted octanol–water partition coefficient (Wildman–Crippen LogP) is -0.762. The van der Waals surface area contributed by atoms with E-state index in [1.165, 1.54) is 5.03 Å². The summed E-state index contributed by atoms with van der Waals surface area (Å²) < 4.78 is 7.95. The van der Waals surface area contributed by atoms with Gasteiger partial charge in [0.2, 0.25) is 5.58 Å². The van der Waals surface area contributed by atoms with Crippen molar-refractivity contribution in [3.05, 3.63) is 35.2 Å². The van der Waals surface area contributed by atoms with Crippen LogP contribution in [0, 0.1) is 0 Å². The molecule has 0 radical (unpaired) electrons. The van der Waals surface area contributed by atoms with Gasteiger partial charge in [-0.3, -0.25) is 0 Å². The van der Waals surface area contributed by atoms with E-state index in [0.29, 0.717) is 0 Å². The van der Waals surface area contributed by atoms with E-state index in [9.17, 15) is 0 Å². The van der Waals surface area contributed by atoms with Crippen molar-refractivity contribution in [2.45, 2.75) is 0 Å². The highest BCUT2D eigenvalue weighted by Gasteiger charge is 2.20. The lowest BCUT2D eigenvalue weighted by molar-refractivity contribution is -0.652. The van der Waals surface area contributed by atoms with E-state index in [0.717, 1.165) is 29.3 Å². The van der Waals surface area contributed by atoms with Crippen molar-refractivity contribution in [3.8, 4) is 0 Å². The zero-order valence-electron chi connectivity index (χ0n) is 10.4. The molecule has 5 heteroatoms. The summed E-state index contributed by atoms with van der Waals surface area (Å²) >= 11 is 1.88. The maximum atomic E-state index is 5.86. The first-order valence-electron chi connectivity index (χ1n) is 5.69. The molecular formula is C13H15IN2OS. The number of aromatic nitrogens is 1. The van der Waals surface area contributed by atoms with Gasteiger partial charge < -0.3 is 33.3 Å². The summed E-state index contributed by atoms with van der Waals surface area (Å²) in [4.78, 5) is 2.26. The molecule has 0 saturated carbocycles. The zero-order chi connectivity index (χ0) is 11.8. The molecule has 1 fully saturated rings. The average molecular weight is 374 g/mol. The first-order valence-corrected chi connectivity index (χ1v) is 6.67. The molecule has 0 N–H and O–H groups in total. The molecule has 0 atom stereocenters. The lowest BCUT2D eigenvalue weighted by atomic mass is 10.3. The van der Waals surface area contributed by atoms with Crippen LogP contribution in [0.5, 0.6) is 0 Å². The van der Waals surface area contributed by atoms with Gasteiger partial charge in [0, 0.05) is 25.4 Å². The Morgan fingerprint density at radius 2 is 2.17 bits per heavy atom. The minimum Gasteiger partial charge on any atom is -1.00 e. The van der Waals surface area contributed by atoms with Gasteiger partial charge in [-0.1, -0.05) is 12.1 Å². The molecule has 0 aliphatic carbocycles. The predicted molar refractivity (Wildman–Crippen MR) is 70.5 cm³/mol. The number of halogens is 1. The minimum absolute atomic E-state index is 0. The topological polar surface area (TPSA) is 20.3 Å². The van der Waals surface area contributed by atoms with E-state index in [-0.39, 0.29) is 24.0 Å². The fraction of sp³-hybridized carbons (Fsp3) is 0.308. The van der Waals surface area contributed by atoms with Crippen molar-refractivity contribution in [2.75, 3.05) is 19.3 Å². The number of benzene rings is 1. The number of hydrogen-bond donors (Lipinski definition) is 0. The zero-order valence-corrected chi connectivity index (χ0v) is 13.4.